The van der Waals surface area contributed by atoms with Crippen molar-refractivity contribution in [3.05, 3.63) is 36.0 Å². The van der Waals surface area contributed by atoms with Crippen molar-refractivity contribution in [2.45, 2.75) is 25.7 Å². The topological polar surface area (TPSA) is 34.5 Å². The molecule has 4 nitrogen and oxygen atoms in total. The Morgan fingerprint density at radius 3 is 2.71 bits per heavy atom. The lowest BCUT2D eigenvalue weighted by Gasteiger charge is -2.31. The normalized spacial score (nSPS) is 16.4. The van der Waals surface area contributed by atoms with Crippen LogP contribution in [-0.2, 0) is 11.8 Å². The van der Waals surface area contributed by atoms with Crippen molar-refractivity contribution < 1.29 is 9.53 Å². The Morgan fingerprint density at radius 2 is 2.00 bits per heavy atom. The van der Waals surface area contributed by atoms with Gasteiger partial charge in [-0.25, -0.2) is 4.79 Å². The van der Waals surface area contributed by atoms with Crippen molar-refractivity contribution in [1.29, 1.82) is 0 Å². The van der Waals surface area contributed by atoms with Crippen LogP contribution >= 0.6 is 0 Å². The van der Waals surface area contributed by atoms with Gasteiger partial charge in [-0.1, -0.05) is 18.2 Å². The Balaban J connectivity index is 1.76. The van der Waals surface area contributed by atoms with Crippen molar-refractivity contribution >= 4 is 17.0 Å². The number of amides is 1. The fourth-order valence-electron chi connectivity index (χ4n) is 3.29. The molecule has 0 spiro atoms. The van der Waals surface area contributed by atoms with E-state index in [2.05, 4.69) is 42.1 Å². The number of likely N-dealkylation sites (tertiary alicyclic amines) is 1. The van der Waals surface area contributed by atoms with Crippen molar-refractivity contribution in [1.82, 2.24) is 9.47 Å². The van der Waals surface area contributed by atoms with Gasteiger partial charge in [-0.2, -0.15) is 0 Å². The number of hydrogen-bond donors (Lipinski definition) is 0. The van der Waals surface area contributed by atoms with Crippen LogP contribution in [0.3, 0.4) is 0 Å². The fraction of sp³-hybridized carbons (Fsp3) is 0.471. The summed E-state index contributed by atoms with van der Waals surface area (Å²) in [5.41, 5.74) is 2.69. The van der Waals surface area contributed by atoms with Crippen LogP contribution in [0.25, 0.3) is 10.9 Å². The van der Waals surface area contributed by atoms with Crippen LogP contribution in [0.5, 0.6) is 0 Å². The van der Waals surface area contributed by atoms with Gasteiger partial charge in [0, 0.05) is 37.2 Å². The molecule has 2 aromatic rings. The van der Waals surface area contributed by atoms with E-state index in [-0.39, 0.29) is 6.09 Å². The minimum absolute atomic E-state index is 0.172. The molecule has 0 atom stereocenters. The van der Waals surface area contributed by atoms with Crippen molar-refractivity contribution in [2.24, 2.45) is 7.05 Å². The number of ether oxygens (including phenoxy) is 1. The predicted molar refractivity (Wildman–Crippen MR) is 83.5 cm³/mol. The van der Waals surface area contributed by atoms with E-state index in [9.17, 15) is 4.79 Å². The highest BCUT2D eigenvalue weighted by molar-refractivity contribution is 5.84. The summed E-state index contributed by atoms with van der Waals surface area (Å²) in [6.45, 7) is 3.86. The first-order valence-electron chi connectivity index (χ1n) is 7.66. The molecule has 0 radical (unpaired) electrons. The smallest absolute Gasteiger partial charge is 0.409 e. The van der Waals surface area contributed by atoms with Gasteiger partial charge in [-0.15, -0.1) is 0 Å². The van der Waals surface area contributed by atoms with Crippen LogP contribution in [0.2, 0.25) is 0 Å². The van der Waals surface area contributed by atoms with E-state index >= 15 is 0 Å². The first-order chi connectivity index (χ1) is 10.2. The fourth-order valence-corrected chi connectivity index (χ4v) is 3.29. The lowest BCUT2D eigenvalue weighted by atomic mass is 9.89. The van der Waals surface area contributed by atoms with Gasteiger partial charge < -0.3 is 14.2 Å². The largest absolute Gasteiger partial charge is 0.450 e. The van der Waals surface area contributed by atoms with Crippen LogP contribution in [0.4, 0.5) is 4.79 Å². The van der Waals surface area contributed by atoms with E-state index in [0.29, 0.717) is 12.5 Å². The van der Waals surface area contributed by atoms with Gasteiger partial charge in [0.2, 0.25) is 0 Å². The number of aryl methyl sites for hydroxylation is 1. The van der Waals surface area contributed by atoms with Gasteiger partial charge in [0.15, 0.2) is 0 Å². The number of piperidine rings is 1. The Labute approximate surface area is 125 Å². The number of fused-ring (bicyclic) bond motifs is 1. The molecule has 0 saturated carbocycles. The minimum Gasteiger partial charge on any atom is -0.450 e. The van der Waals surface area contributed by atoms with Gasteiger partial charge >= 0.3 is 6.09 Å². The van der Waals surface area contributed by atoms with E-state index in [4.69, 9.17) is 4.74 Å². The highest BCUT2D eigenvalue weighted by atomic mass is 16.6. The van der Waals surface area contributed by atoms with Crippen LogP contribution in [0.15, 0.2) is 30.5 Å². The molecule has 1 fully saturated rings. The van der Waals surface area contributed by atoms with Gasteiger partial charge in [0.05, 0.1) is 6.61 Å². The molecule has 0 bridgehead atoms. The van der Waals surface area contributed by atoms with Gasteiger partial charge in [0.1, 0.15) is 0 Å². The second-order valence-corrected chi connectivity index (χ2v) is 5.67. The number of nitrogens with zero attached hydrogens (tertiary/aromatic N) is 2. The van der Waals surface area contributed by atoms with E-state index in [1.54, 1.807) is 0 Å². The monoisotopic (exact) mass is 286 g/mol. The molecule has 1 saturated heterocycles. The zero-order chi connectivity index (χ0) is 14.8. The van der Waals surface area contributed by atoms with Gasteiger partial charge in [0.25, 0.3) is 0 Å². The summed E-state index contributed by atoms with van der Waals surface area (Å²) >= 11 is 0. The summed E-state index contributed by atoms with van der Waals surface area (Å²) in [6, 6.07) is 8.53. The van der Waals surface area contributed by atoms with Crippen LogP contribution in [0, 0.1) is 0 Å². The minimum atomic E-state index is -0.172. The molecule has 2 heterocycles. The number of hydrogen-bond acceptors (Lipinski definition) is 2. The average Bonchev–Trinajstić information content (AvgIpc) is 2.85. The molecule has 4 heteroatoms. The Morgan fingerprint density at radius 1 is 1.29 bits per heavy atom. The van der Waals surface area contributed by atoms with Crippen molar-refractivity contribution in [3.63, 3.8) is 0 Å². The molecule has 1 aromatic heterocycles. The molecular formula is C17H22N2O2. The lowest BCUT2D eigenvalue weighted by Crippen LogP contribution is -2.38. The number of carbonyl (C=O) groups is 1. The molecule has 1 aromatic carbocycles. The standard InChI is InChI=1S/C17H22N2O2/c1-3-21-17(20)19-10-8-13(9-11-19)15-12-18(2)16-7-5-4-6-14(15)16/h4-7,12-13H,3,8-11H2,1-2H3. The van der Waals surface area contributed by atoms with E-state index < -0.39 is 0 Å². The first kappa shape index (κ1) is 14.0. The summed E-state index contributed by atoms with van der Waals surface area (Å²) in [5.74, 6) is 0.529. The highest BCUT2D eigenvalue weighted by Gasteiger charge is 2.26. The molecule has 0 aliphatic carbocycles. The third-order valence-corrected chi connectivity index (χ3v) is 4.39. The summed E-state index contributed by atoms with van der Waals surface area (Å²) < 4.78 is 7.28. The summed E-state index contributed by atoms with van der Waals surface area (Å²) in [4.78, 5) is 13.6. The van der Waals surface area contributed by atoms with Crippen molar-refractivity contribution in [2.75, 3.05) is 19.7 Å². The van der Waals surface area contributed by atoms with Crippen LogP contribution in [-0.4, -0.2) is 35.3 Å². The molecule has 112 valence electrons. The first-order valence-corrected chi connectivity index (χ1v) is 7.66. The lowest BCUT2D eigenvalue weighted by molar-refractivity contribution is 0.0971. The molecule has 3 rings (SSSR count). The number of rotatable bonds is 2. The molecular weight excluding hydrogens is 264 g/mol. The second kappa shape index (κ2) is 5.80. The maximum absolute atomic E-state index is 11.8. The Kier molecular flexibility index (Phi) is 3.86. The van der Waals surface area contributed by atoms with Gasteiger partial charge in [-0.05, 0) is 37.3 Å². The number of aromatic nitrogens is 1. The zero-order valence-electron chi connectivity index (χ0n) is 12.7. The highest BCUT2D eigenvalue weighted by Crippen LogP contribution is 2.34. The molecule has 1 aliphatic heterocycles. The van der Waals surface area contributed by atoms with Crippen molar-refractivity contribution in [3.8, 4) is 0 Å². The zero-order valence-corrected chi connectivity index (χ0v) is 12.7. The third-order valence-electron chi connectivity index (χ3n) is 4.39. The SMILES string of the molecule is CCOC(=O)N1CCC(c2cn(C)c3ccccc23)CC1. The quantitative estimate of drug-likeness (QED) is 0.846. The Hall–Kier alpha value is -1.97. The molecule has 21 heavy (non-hydrogen) atoms. The number of para-hydroxylation sites is 1. The Bertz CT molecular complexity index is 639. The summed E-state index contributed by atoms with van der Waals surface area (Å²) in [7, 11) is 2.10. The van der Waals surface area contributed by atoms with E-state index in [1.807, 2.05) is 11.8 Å². The van der Waals surface area contributed by atoms with E-state index in [1.165, 1.54) is 16.5 Å². The van der Waals surface area contributed by atoms with Crippen LogP contribution in [0.1, 0.15) is 31.2 Å². The summed E-state index contributed by atoms with van der Waals surface area (Å²) in [6.07, 6.45) is 4.09. The summed E-state index contributed by atoms with van der Waals surface area (Å²) in [5, 5.41) is 1.34. The van der Waals surface area contributed by atoms with Gasteiger partial charge in [-0.3, -0.25) is 0 Å². The maximum atomic E-state index is 11.8. The van der Waals surface area contributed by atoms with E-state index in [0.717, 1.165) is 25.9 Å². The predicted octanol–water partition coefficient (Wildman–Crippen LogP) is 3.51. The molecule has 0 unspecified atom stereocenters. The average molecular weight is 286 g/mol. The molecule has 1 aliphatic rings. The number of carbonyl (C=O) groups excluding carboxylic acids is 1. The molecule has 0 N–H and O–H groups in total. The molecule has 1 amide bonds. The number of benzene rings is 1. The van der Waals surface area contributed by atoms with Crippen LogP contribution < -0.4 is 0 Å². The third kappa shape index (κ3) is 2.62. The second-order valence-electron chi connectivity index (χ2n) is 5.67. The maximum Gasteiger partial charge on any atom is 0.409 e.